The third-order valence-corrected chi connectivity index (χ3v) is 4.03. The van der Waals surface area contributed by atoms with Crippen LogP contribution in [0.2, 0.25) is 0 Å². The van der Waals surface area contributed by atoms with Gasteiger partial charge in [0.15, 0.2) is 5.65 Å². The monoisotopic (exact) mass is 311 g/mol. The van der Waals surface area contributed by atoms with E-state index in [0.717, 1.165) is 19.3 Å². The Hall–Kier alpha value is -2.42. The number of pyridine rings is 1. The second-order valence-corrected chi connectivity index (χ2v) is 7.33. The Kier molecular flexibility index (Phi) is 3.80. The lowest BCUT2D eigenvalue weighted by Crippen LogP contribution is -2.24. The van der Waals surface area contributed by atoms with Crippen molar-refractivity contribution in [1.82, 2.24) is 14.5 Å². The summed E-state index contributed by atoms with van der Waals surface area (Å²) < 4.78 is 1.99. The van der Waals surface area contributed by atoms with E-state index >= 15 is 0 Å². The second-order valence-electron chi connectivity index (χ2n) is 7.33. The highest BCUT2D eigenvalue weighted by molar-refractivity contribution is 5.91. The highest BCUT2D eigenvalue weighted by atomic mass is 16.1. The fraction of sp³-hybridized carbons (Fsp3) is 0.529. The molecule has 3 rings (SSSR count). The lowest BCUT2D eigenvalue weighted by Gasteiger charge is -2.28. The molecule has 120 valence electrons. The molecule has 1 aliphatic rings. The fourth-order valence-corrected chi connectivity index (χ4v) is 2.77. The SMILES string of the molecule is CC(C)(C)CC(=O)Nc1nc2ccc(C#N)nc2n1C1CCC1. The number of nitriles is 1. The molecule has 2 aromatic rings. The molecule has 6 heteroatoms. The molecular formula is C17H21N5O. The predicted octanol–water partition coefficient (Wildman–Crippen LogP) is 3.40. The van der Waals surface area contributed by atoms with E-state index in [2.05, 4.69) is 21.4 Å². The number of aromatic nitrogens is 3. The van der Waals surface area contributed by atoms with Crippen molar-refractivity contribution >= 4 is 23.0 Å². The third-order valence-electron chi connectivity index (χ3n) is 4.03. The maximum absolute atomic E-state index is 12.3. The van der Waals surface area contributed by atoms with Gasteiger partial charge in [-0.2, -0.15) is 5.26 Å². The van der Waals surface area contributed by atoms with Crippen LogP contribution in [-0.2, 0) is 4.79 Å². The lowest BCUT2D eigenvalue weighted by atomic mass is 9.92. The van der Waals surface area contributed by atoms with Gasteiger partial charge in [0, 0.05) is 12.5 Å². The summed E-state index contributed by atoms with van der Waals surface area (Å²) >= 11 is 0. The molecule has 1 amide bonds. The van der Waals surface area contributed by atoms with Crippen molar-refractivity contribution in [2.24, 2.45) is 5.41 Å². The van der Waals surface area contributed by atoms with Crippen LogP contribution < -0.4 is 5.32 Å². The van der Waals surface area contributed by atoms with Gasteiger partial charge in [-0.3, -0.25) is 14.7 Å². The van der Waals surface area contributed by atoms with E-state index in [1.807, 2.05) is 25.3 Å². The molecular weight excluding hydrogens is 290 g/mol. The number of rotatable bonds is 3. The standard InChI is InChI=1S/C17H21N5O/c1-17(2,3)9-14(23)21-16-20-13-8-7-11(10-18)19-15(13)22(16)12-5-4-6-12/h7-8,12H,4-6,9H2,1-3H3,(H,20,21,23). The van der Waals surface area contributed by atoms with Crippen molar-refractivity contribution in [3.05, 3.63) is 17.8 Å². The lowest BCUT2D eigenvalue weighted by molar-refractivity contribution is -0.117. The van der Waals surface area contributed by atoms with E-state index in [9.17, 15) is 4.79 Å². The number of fused-ring (bicyclic) bond motifs is 1. The third kappa shape index (κ3) is 3.19. The van der Waals surface area contributed by atoms with Crippen LogP contribution in [0.4, 0.5) is 5.95 Å². The molecule has 23 heavy (non-hydrogen) atoms. The molecule has 0 bridgehead atoms. The number of carbonyl (C=O) groups excluding carboxylic acids is 1. The molecule has 1 saturated carbocycles. The normalized spacial score (nSPS) is 15.2. The molecule has 0 aromatic carbocycles. The van der Waals surface area contributed by atoms with Crippen molar-refractivity contribution in [2.45, 2.75) is 52.5 Å². The molecule has 1 aliphatic carbocycles. The first kappa shape index (κ1) is 15.5. The van der Waals surface area contributed by atoms with Crippen LogP contribution in [0, 0.1) is 16.7 Å². The number of anilines is 1. The Morgan fingerprint density at radius 2 is 2.13 bits per heavy atom. The fourth-order valence-electron chi connectivity index (χ4n) is 2.77. The predicted molar refractivity (Wildman–Crippen MR) is 87.8 cm³/mol. The number of hydrogen-bond acceptors (Lipinski definition) is 4. The highest BCUT2D eigenvalue weighted by Gasteiger charge is 2.27. The average molecular weight is 311 g/mol. The number of hydrogen-bond donors (Lipinski definition) is 1. The molecule has 6 nitrogen and oxygen atoms in total. The van der Waals surface area contributed by atoms with Crippen LogP contribution in [0.1, 0.15) is 58.2 Å². The zero-order valence-electron chi connectivity index (χ0n) is 13.8. The van der Waals surface area contributed by atoms with E-state index < -0.39 is 0 Å². The minimum atomic E-state index is -0.0797. The molecule has 0 radical (unpaired) electrons. The summed E-state index contributed by atoms with van der Waals surface area (Å²) in [5.41, 5.74) is 1.68. The zero-order valence-corrected chi connectivity index (χ0v) is 13.8. The van der Waals surface area contributed by atoms with Crippen LogP contribution in [0.3, 0.4) is 0 Å². The first-order valence-electron chi connectivity index (χ1n) is 7.96. The maximum Gasteiger partial charge on any atom is 0.227 e. The highest BCUT2D eigenvalue weighted by Crippen LogP contribution is 2.36. The van der Waals surface area contributed by atoms with Gasteiger partial charge in [0.05, 0.1) is 0 Å². The zero-order chi connectivity index (χ0) is 16.6. The topological polar surface area (TPSA) is 83.6 Å². The van der Waals surface area contributed by atoms with Crippen LogP contribution in [-0.4, -0.2) is 20.4 Å². The number of carbonyl (C=O) groups is 1. The van der Waals surface area contributed by atoms with Gasteiger partial charge in [-0.1, -0.05) is 20.8 Å². The van der Waals surface area contributed by atoms with E-state index in [0.29, 0.717) is 35.3 Å². The number of nitrogens with zero attached hydrogens (tertiary/aromatic N) is 4. The van der Waals surface area contributed by atoms with Gasteiger partial charge in [-0.25, -0.2) is 9.97 Å². The molecule has 0 saturated heterocycles. The molecule has 1 N–H and O–H groups in total. The molecule has 0 unspecified atom stereocenters. The molecule has 1 fully saturated rings. The van der Waals surface area contributed by atoms with Crippen molar-refractivity contribution < 1.29 is 4.79 Å². The van der Waals surface area contributed by atoms with Crippen molar-refractivity contribution in [1.29, 1.82) is 5.26 Å². The summed E-state index contributed by atoms with van der Waals surface area (Å²) in [4.78, 5) is 21.2. The van der Waals surface area contributed by atoms with Gasteiger partial charge in [-0.15, -0.1) is 0 Å². The van der Waals surface area contributed by atoms with Gasteiger partial charge in [-0.05, 0) is 36.8 Å². The van der Waals surface area contributed by atoms with Gasteiger partial charge in [0.1, 0.15) is 17.3 Å². The van der Waals surface area contributed by atoms with Crippen LogP contribution in [0.15, 0.2) is 12.1 Å². The molecule has 0 aliphatic heterocycles. The summed E-state index contributed by atoms with van der Waals surface area (Å²) in [6, 6.07) is 5.80. The van der Waals surface area contributed by atoms with Gasteiger partial charge < -0.3 is 0 Å². The molecule has 0 spiro atoms. The second kappa shape index (κ2) is 5.65. The summed E-state index contributed by atoms with van der Waals surface area (Å²) in [7, 11) is 0. The minimum absolute atomic E-state index is 0.0473. The van der Waals surface area contributed by atoms with Crippen LogP contribution in [0.25, 0.3) is 11.2 Å². The van der Waals surface area contributed by atoms with Gasteiger partial charge >= 0.3 is 0 Å². The van der Waals surface area contributed by atoms with Crippen LogP contribution in [0.5, 0.6) is 0 Å². The molecule has 0 atom stereocenters. The maximum atomic E-state index is 12.3. The van der Waals surface area contributed by atoms with E-state index in [-0.39, 0.29) is 11.3 Å². The quantitative estimate of drug-likeness (QED) is 0.941. The Morgan fingerprint density at radius 3 is 2.70 bits per heavy atom. The Morgan fingerprint density at radius 1 is 1.39 bits per heavy atom. The number of nitrogens with one attached hydrogen (secondary N) is 1. The largest absolute Gasteiger partial charge is 0.296 e. The van der Waals surface area contributed by atoms with Gasteiger partial charge in [0.2, 0.25) is 11.9 Å². The van der Waals surface area contributed by atoms with Crippen molar-refractivity contribution in [2.75, 3.05) is 5.32 Å². The Labute approximate surface area is 135 Å². The van der Waals surface area contributed by atoms with E-state index in [1.165, 1.54) is 0 Å². The summed E-state index contributed by atoms with van der Waals surface area (Å²) in [6.45, 7) is 6.09. The smallest absolute Gasteiger partial charge is 0.227 e. The van der Waals surface area contributed by atoms with Gasteiger partial charge in [0.25, 0.3) is 0 Å². The van der Waals surface area contributed by atoms with Crippen molar-refractivity contribution in [3.8, 4) is 6.07 Å². The average Bonchev–Trinajstić information content (AvgIpc) is 2.72. The molecule has 2 heterocycles. The minimum Gasteiger partial charge on any atom is -0.296 e. The van der Waals surface area contributed by atoms with E-state index in [1.54, 1.807) is 12.1 Å². The summed E-state index contributed by atoms with van der Waals surface area (Å²) in [5.74, 6) is 0.496. The summed E-state index contributed by atoms with van der Waals surface area (Å²) in [5, 5.41) is 12.0. The first-order valence-corrected chi connectivity index (χ1v) is 7.96. The summed E-state index contributed by atoms with van der Waals surface area (Å²) in [6.07, 6.45) is 3.69. The van der Waals surface area contributed by atoms with E-state index in [4.69, 9.17) is 5.26 Å². The first-order chi connectivity index (χ1) is 10.9. The number of imidazole rings is 1. The van der Waals surface area contributed by atoms with Crippen molar-refractivity contribution in [3.63, 3.8) is 0 Å². The Balaban J connectivity index is 1.99. The molecule has 2 aromatic heterocycles. The van der Waals surface area contributed by atoms with Crippen LogP contribution >= 0.6 is 0 Å². The number of amides is 1. The Bertz CT molecular complexity index is 790.